The van der Waals surface area contributed by atoms with E-state index in [1.54, 1.807) is 0 Å². The summed E-state index contributed by atoms with van der Waals surface area (Å²) in [6, 6.07) is 67.0. The van der Waals surface area contributed by atoms with E-state index >= 15 is 0 Å². The smallest absolute Gasteiger partial charge is 0.0726 e. The SMILES string of the molecule is c1ccc(-n2c3ccccc3c3ccc(-c4ccc5sc6c(c5c4)c4ccccc4c4c5ccc7ccccc7c5n(-c5ccccc5)c64)cc32)cc1. The fourth-order valence-electron chi connectivity index (χ4n) is 9.01. The molecule has 0 saturated carbocycles. The van der Waals surface area contributed by atoms with Crippen molar-refractivity contribution >= 4 is 96.7 Å². The number of nitrogens with zero attached hydrogens (tertiary/aromatic N) is 2. The van der Waals surface area contributed by atoms with Crippen LogP contribution in [0, 0.1) is 0 Å². The summed E-state index contributed by atoms with van der Waals surface area (Å²) in [4.78, 5) is 0. The summed E-state index contributed by atoms with van der Waals surface area (Å²) in [7, 11) is 0. The highest BCUT2D eigenvalue weighted by atomic mass is 32.1. The van der Waals surface area contributed by atoms with Gasteiger partial charge in [-0.3, -0.25) is 0 Å². The number of fused-ring (bicyclic) bond motifs is 15. The maximum Gasteiger partial charge on any atom is 0.0726 e. The number of para-hydroxylation sites is 3. The summed E-state index contributed by atoms with van der Waals surface area (Å²) < 4.78 is 7.57. The summed E-state index contributed by atoms with van der Waals surface area (Å²) in [5.74, 6) is 0. The first-order valence-electron chi connectivity index (χ1n) is 18.2. The highest BCUT2D eigenvalue weighted by Gasteiger charge is 2.23. The van der Waals surface area contributed by atoms with E-state index in [1.807, 2.05) is 11.3 Å². The molecule has 0 aliphatic heterocycles. The maximum atomic E-state index is 2.54. The van der Waals surface area contributed by atoms with Gasteiger partial charge in [0.25, 0.3) is 0 Å². The van der Waals surface area contributed by atoms with Crippen molar-refractivity contribution in [3.8, 4) is 22.5 Å². The standard InChI is InChI=1S/C50H30N2S/c1-3-14-34(15-4-1)51-43-22-12-11-19-37(43)38-26-24-33(30-44(38)51)32-25-28-45-42(29-32)47-40-21-10-9-20-39(40)46-41-27-23-31-13-7-8-18-36(31)48(41)52(49(46)50(47)53-45)35-16-5-2-6-17-35/h1-30H. The second-order valence-corrected chi connectivity index (χ2v) is 15.1. The molecule has 0 spiro atoms. The minimum atomic E-state index is 1.17. The van der Waals surface area contributed by atoms with E-state index in [-0.39, 0.29) is 0 Å². The lowest BCUT2D eigenvalue weighted by atomic mass is 9.96. The van der Waals surface area contributed by atoms with Crippen LogP contribution in [0.25, 0.3) is 108 Å². The third-order valence-electron chi connectivity index (χ3n) is 11.3. The first-order chi connectivity index (χ1) is 26.3. The molecule has 0 saturated heterocycles. The van der Waals surface area contributed by atoms with Crippen molar-refractivity contribution < 1.29 is 0 Å². The molecule has 0 amide bonds. The van der Waals surface area contributed by atoms with Crippen LogP contribution in [-0.2, 0) is 0 Å². The van der Waals surface area contributed by atoms with Crippen LogP contribution in [0.1, 0.15) is 0 Å². The molecule has 3 heteroatoms. The third-order valence-corrected chi connectivity index (χ3v) is 12.4. The van der Waals surface area contributed by atoms with Gasteiger partial charge in [-0.2, -0.15) is 0 Å². The van der Waals surface area contributed by atoms with Crippen LogP contribution in [-0.4, -0.2) is 9.13 Å². The average Bonchev–Trinajstić information content (AvgIpc) is 3.89. The zero-order valence-electron chi connectivity index (χ0n) is 28.6. The molecule has 3 heterocycles. The van der Waals surface area contributed by atoms with Gasteiger partial charge in [-0.1, -0.05) is 133 Å². The van der Waals surface area contributed by atoms with E-state index in [1.165, 1.54) is 108 Å². The normalized spacial score (nSPS) is 12.2. The van der Waals surface area contributed by atoms with Crippen LogP contribution in [0.3, 0.4) is 0 Å². The van der Waals surface area contributed by atoms with Crippen molar-refractivity contribution in [3.63, 3.8) is 0 Å². The summed E-state index contributed by atoms with van der Waals surface area (Å²) >= 11 is 1.92. The maximum absolute atomic E-state index is 2.54. The second kappa shape index (κ2) is 10.9. The van der Waals surface area contributed by atoms with Gasteiger partial charge in [-0.05, 0) is 75.8 Å². The predicted octanol–water partition coefficient (Wildman–Crippen LogP) is 14.2. The van der Waals surface area contributed by atoms with Crippen LogP contribution in [0.2, 0.25) is 0 Å². The van der Waals surface area contributed by atoms with E-state index in [0.29, 0.717) is 0 Å². The first-order valence-corrected chi connectivity index (χ1v) is 19.0. The minimum Gasteiger partial charge on any atom is -0.309 e. The molecule has 0 aliphatic carbocycles. The van der Waals surface area contributed by atoms with Crippen LogP contribution in [0.4, 0.5) is 0 Å². The molecule has 0 radical (unpaired) electrons. The molecule has 0 N–H and O–H groups in total. The van der Waals surface area contributed by atoms with Crippen LogP contribution in [0.5, 0.6) is 0 Å². The Hall–Kier alpha value is -6.68. The molecule has 9 aromatic carbocycles. The van der Waals surface area contributed by atoms with E-state index in [9.17, 15) is 0 Å². The Morgan fingerprint density at radius 2 is 0.925 bits per heavy atom. The van der Waals surface area contributed by atoms with Crippen molar-refractivity contribution in [1.82, 2.24) is 9.13 Å². The number of thiophene rings is 1. The second-order valence-electron chi connectivity index (χ2n) is 14.1. The van der Waals surface area contributed by atoms with Crippen molar-refractivity contribution in [1.29, 1.82) is 0 Å². The predicted molar refractivity (Wildman–Crippen MR) is 228 cm³/mol. The molecule has 53 heavy (non-hydrogen) atoms. The molecule has 2 nitrogen and oxygen atoms in total. The van der Waals surface area contributed by atoms with Crippen LogP contribution in [0.15, 0.2) is 182 Å². The Balaban J connectivity index is 1.19. The molecule has 0 bridgehead atoms. The van der Waals surface area contributed by atoms with Crippen LogP contribution < -0.4 is 0 Å². The molecule has 0 unspecified atom stereocenters. The molecule has 246 valence electrons. The molecule has 0 atom stereocenters. The highest BCUT2D eigenvalue weighted by Crippen LogP contribution is 2.49. The van der Waals surface area contributed by atoms with Gasteiger partial charge < -0.3 is 9.13 Å². The Kier molecular flexibility index (Phi) is 5.96. The van der Waals surface area contributed by atoms with Gasteiger partial charge >= 0.3 is 0 Å². The molecule has 0 aliphatic rings. The Morgan fingerprint density at radius 3 is 1.72 bits per heavy atom. The minimum absolute atomic E-state index is 1.17. The largest absolute Gasteiger partial charge is 0.309 e. The molecule has 12 aromatic rings. The zero-order valence-corrected chi connectivity index (χ0v) is 29.4. The van der Waals surface area contributed by atoms with Gasteiger partial charge in [0.1, 0.15) is 0 Å². The topological polar surface area (TPSA) is 9.86 Å². The fourth-order valence-corrected chi connectivity index (χ4v) is 10.2. The quantitative estimate of drug-likeness (QED) is 0.175. The Morgan fingerprint density at radius 1 is 0.340 bits per heavy atom. The summed E-state index contributed by atoms with van der Waals surface area (Å²) in [5, 5.41) is 12.9. The Labute approximate surface area is 309 Å². The zero-order chi connectivity index (χ0) is 34.6. The number of rotatable bonds is 3. The lowest BCUT2D eigenvalue weighted by Gasteiger charge is -2.11. The fraction of sp³-hybridized carbons (Fsp3) is 0. The number of aromatic nitrogens is 2. The average molecular weight is 691 g/mol. The number of hydrogen-bond acceptors (Lipinski definition) is 1. The molecular formula is C50H30N2S. The van der Waals surface area contributed by atoms with E-state index in [2.05, 4.69) is 191 Å². The van der Waals surface area contributed by atoms with Crippen molar-refractivity contribution in [2.24, 2.45) is 0 Å². The van der Waals surface area contributed by atoms with Gasteiger partial charge in [0.05, 0.1) is 26.8 Å². The lowest BCUT2D eigenvalue weighted by molar-refractivity contribution is 1.18. The van der Waals surface area contributed by atoms with Gasteiger partial charge in [-0.15, -0.1) is 11.3 Å². The van der Waals surface area contributed by atoms with E-state index in [4.69, 9.17) is 0 Å². The summed E-state index contributed by atoms with van der Waals surface area (Å²) in [5.41, 5.74) is 9.79. The van der Waals surface area contributed by atoms with Crippen molar-refractivity contribution in [3.05, 3.63) is 182 Å². The molecule has 3 aromatic heterocycles. The summed E-state index contributed by atoms with van der Waals surface area (Å²) in [6.45, 7) is 0. The van der Waals surface area contributed by atoms with Crippen LogP contribution >= 0.6 is 11.3 Å². The van der Waals surface area contributed by atoms with Gasteiger partial charge in [0.15, 0.2) is 0 Å². The van der Waals surface area contributed by atoms with E-state index in [0.717, 1.165) is 0 Å². The first kappa shape index (κ1) is 29.0. The molecule has 0 fully saturated rings. The molecular weight excluding hydrogens is 661 g/mol. The van der Waals surface area contributed by atoms with Gasteiger partial charge in [0.2, 0.25) is 0 Å². The van der Waals surface area contributed by atoms with Gasteiger partial charge in [0, 0.05) is 53.8 Å². The van der Waals surface area contributed by atoms with Crippen molar-refractivity contribution in [2.75, 3.05) is 0 Å². The number of hydrogen-bond donors (Lipinski definition) is 0. The third kappa shape index (κ3) is 4.03. The summed E-state index contributed by atoms with van der Waals surface area (Å²) in [6.07, 6.45) is 0. The van der Waals surface area contributed by atoms with E-state index < -0.39 is 0 Å². The van der Waals surface area contributed by atoms with Gasteiger partial charge in [-0.25, -0.2) is 0 Å². The monoisotopic (exact) mass is 690 g/mol. The molecule has 12 rings (SSSR count). The number of benzene rings is 9. The highest BCUT2D eigenvalue weighted by molar-refractivity contribution is 7.27. The lowest BCUT2D eigenvalue weighted by Crippen LogP contribution is -1.94. The van der Waals surface area contributed by atoms with Crippen molar-refractivity contribution in [2.45, 2.75) is 0 Å². The Bertz CT molecular complexity index is 3440.